The first-order valence-electron chi connectivity index (χ1n) is 8.11. The molecule has 0 bridgehead atoms. The maximum absolute atomic E-state index is 12.7. The van der Waals surface area contributed by atoms with Gasteiger partial charge in [-0.15, -0.1) is 0 Å². The summed E-state index contributed by atoms with van der Waals surface area (Å²) in [6, 6.07) is 13.7. The molecule has 0 radical (unpaired) electrons. The normalized spacial score (nSPS) is 11.5. The van der Waals surface area contributed by atoms with Crippen molar-refractivity contribution in [1.82, 2.24) is 9.97 Å². The molecule has 0 aliphatic carbocycles. The van der Waals surface area contributed by atoms with Crippen molar-refractivity contribution in [1.29, 1.82) is 0 Å². The smallest absolute Gasteiger partial charge is 0.433 e. The van der Waals surface area contributed by atoms with Gasteiger partial charge in [0.25, 0.3) is 0 Å². The van der Waals surface area contributed by atoms with E-state index in [9.17, 15) is 18.0 Å². The predicted molar refractivity (Wildman–Crippen MR) is 95.0 cm³/mol. The van der Waals surface area contributed by atoms with E-state index in [1.54, 1.807) is 12.1 Å². The van der Waals surface area contributed by atoms with Gasteiger partial charge >= 0.3 is 12.2 Å². The number of alkyl halides is 3. The van der Waals surface area contributed by atoms with Crippen molar-refractivity contribution < 1.29 is 22.3 Å². The molecule has 2 aromatic heterocycles. The van der Waals surface area contributed by atoms with Crippen LogP contribution in [-0.4, -0.2) is 9.97 Å². The molecule has 140 valence electrons. The second-order valence-electron chi connectivity index (χ2n) is 5.83. The number of rotatable bonds is 3. The van der Waals surface area contributed by atoms with Crippen LogP contribution in [0.15, 0.2) is 76.3 Å². The fourth-order valence-electron chi connectivity index (χ4n) is 2.64. The van der Waals surface area contributed by atoms with Gasteiger partial charge in [-0.25, -0.2) is 4.98 Å². The number of hydrogen-bond donors (Lipinski definition) is 0. The number of aromatic nitrogens is 2. The molecule has 0 N–H and O–H groups in total. The molecule has 0 saturated heterocycles. The van der Waals surface area contributed by atoms with E-state index in [0.29, 0.717) is 10.9 Å². The average Bonchev–Trinajstić information content (AvgIpc) is 2.68. The van der Waals surface area contributed by atoms with Gasteiger partial charge in [0.05, 0.1) is 10.9 Å². The Morgan fingerprint density at radius 2 is 1.79 bits per heavy atom. The number of ether oxygens (including phenoxy) is 1. The van der Waals surface area contributed by atoms with Crippen molar-refractivity contribution in [2.24, 2.45) is 0 Å². The lowest BCUT2D eigenvalue weighted by atomic mass is 10.1. The molecule has 0 aliphatic rings. The van der Waals surface area contributed by atoms with Gasteiger partial charge in [-0.3, -0.25) is 4.79 Å². The summed E-state index contributed by atoms with van der Waals surface area (Å²) in [5.41, 5.74) is 0.0135. The molecular weight excluding hydrogens is 373 g/mol. The number of fused-ring (bicyclic) bond motifs is 1. The van der Waals surface area contributed by atoms with E-state index in [4.69, 9.17) is 9.15 Å². The van der Waals surface area contributed by atoms with E-state index >= 15 is 0 Å². The Hall–Kier alpha value is -3.68. The maximum Gasteiger partial charge on any atom is 0.433 e. The third kappa shape index (κ3) is 3.44. The molecule has 0 fully saturated rings. The van der Waals surface area contributed by atoms with Gasteiger partial charge in [-0.1, -0.05) is 30.3 Å². The number of halogens is 3. The molecule has 8 heteroatoms. The van der Waals surface area contributed by atoms with Crippen LogP contribution < -0.4 is 10.2 Å². The van der Waals surface area contributed by atoms with Crippen molar-refractivity contribution >= 4 is 11.0 Å². The summed E-state index contributed by atoms with van der Waals surface area (Å²) >= 11 is 0. The standard InChI is InChI=1S/C20H11F3N2O3/c21-20(22,23)17-8-9-24-19(25-17)28-13-6-7-14-16(10-13)27-11-15(18(14)26)12-4-2-1-3-5-12/h1-11H. The van der Waals surface area contributed by atoms with Crippen LogP contribution in [0, 0.1) is 0 Å². The van der Waals surface area contributed by atoms with Crippen LogP contribution >= 0.6 is 0 Å². The van der Waals surface area contributed by atoms with Gasteiger partial charge in [-0.2, -0.15) is 18.2 Å². The highest BCUT2D eigenvalue weighted by Crippen LogP contribution is 2.29. The van der Waals surface area contributed by atoms with E-state index in [2.05, 4.69) is 9.97 Å². The molecule has 28 heavy (non-hydrogen) atoms. The molecule has 2 aromatic carbocycles. The molecule has 0 saturated carbocycles. The molecule has 4 aromatic rings. The molecule has 0 amide bonds. The van der Waals surface area contributed by atoms with Crippen LogP contribution in [0.3, 0.4) is 0 Å². The Balaban J connectivity index is 1.69. The van der Waals surface area contributed by atoms with Crippen LogP contribution in [0.5, 0.6) is 11.8 Å². The van der Waals surface area contributed by atoms with Gasteiger partial charge in [-0.05, 0) is 23.8 Å². The zero-order chi connectivity index (χ0) is 19.7. The first-order chi connectivity index (χ1) is 13.4. The molecule has 0 atom stereocenters. The lowest BCUT2D eigenvalue weighted by Gasteiger charge is -2.08. The fourth-order valence-corrected chi connectivity index (χ4v) is 2.64. The van der Waals surface area contributed by atoms with Crippen molar-refractivity contribution in [2.75, 3.05) is 0 Å². The maximum atomic E-state index is 12.7. The first kappa shape index (κ1) is 17.7. The SMILES string of the molecule is O=c1c(-c2ccccc2)coc2cc(Oc3nccc(C(F)(F)F)n3)ccc12. The summed E-state index contributed by atoms with van der Waals surface area (Å²) in [5.74, 6) is 0.141. The van der Waals surface area contributed by atoms with E-state index in [0.717, 1.165) is 17.8 Å². The summed E-state index contributed by atoms with van der Waals surface area (Å²) in [7, 11) is 0. The average molecular weight is 384 g/mol. The van der Waals surface area contributed by atoms with Gasteiger partial charge in [0.1, 0.15) is 17.6 Å². The second kappa shape index (κ2) is 6.80. The highest BCUT2D eigenvalue weighted by molar-refractivity contribution is 5.82. The number of benzene rings is 2. The highest BCUT2D eigenvalue weighted by Gasteiger charge is 2.33. The zero-order valence-corrected chi connectivity index (χ0v) is 14.1. The summed E-state index contributed by atoms with van der Waals surface area (Å²) in [5, 5.41) is 0.318. The molecule has 5 nitrogen and oxygen atoms in total. The van der Waals surface area contributed by atoms with Crippen LogP contribution in [-0.2, 0) is 6.18 Å². The second-order valence-corrected chi connectivity index (χ2v) is 5.83. The largest absolute Gasteiger partial charge is 0.463 e. The highest BCUT2D eigenvalue weighted by atomic mass is 19.4. The molecule has 0 aliphatic heterocycles. The third-order valence-electron chi connectivity index (χ3n) is 3.96. The Morgan fingerprint density at radius 1 is 1.00 bits per heavy atom. The Morgan fingerprint density at radius 3 is 2.54 bits per heavy atom. The van der Waals surface area contributed by atoms with E-state index in [1.165, 1.54) is 24.5 Å². The van der Waals surface area contributed by atoms with Crippen molar-refractivity contribution in [3.05, 3.63) is 83.0 Å². The fraction of sp³-hybridized carbons (Fsp3) is 0.0500. The van der Waals surface area contributed by atoms with Crippen LogP contribution in [0.2, 0.25) is 0 Å². The van der Waals surface area contributed by atoms with Gasteiger partial charge in [0, 0.05) is 12.3 Å². The predicted octanol–water partition coefficient (Wildman–Crippen LogP) is 5.06. The molecule has 0 spiro atoms. The van der Waals surface area contributed by atoms with E-state index < -0.39 is 17.9 Å². The molecular formula is C20H11F3N2O3. The lowest BCUT2D eigenvalue weighted by molar-refractivity contribution is -0.141. The Kier molecular flexibility index (Phi) is 4.31. The topological polar surface area (TPSA) is 65.2 Å². The monoisotopic (exact) mass is 384 g/mol. The molecule has 2 heterocycles. The van der Waals surface area contributed by atoms with Gasteiger partial charge < -0.3 is 9.15 Å². The van der Waals surface area contributed by atoms with Crippen molar-refractivity contribution in [2.45, 2.75) is 6.18 Å². The van der Waals surface area contributed by atoms with Crippen LogP contribution in [0.25, 0.3) is 22.1 Å². The quantitative estimate of drug-likeness (QED) is 0.494. The third-order valence-corrected chi connectivity index (χ3v) is 3.96. The van der Waals surface area contributed by atoms with Gasteiger partial charge in [0.15, 0.2) is 11.1 Å². The van der Waals surface area contributed by atoms with Crippen LogP contribution in [0.1, 0.15) is 5.69 Å². The van der Waals surface area contributed by atoms with Crippen LogP contribution in [0.4, 0.5) is 13.2 Å². The molecule has 4 rings (SSSR count). The van der Waals surface area contributed by atoms with E-state index in [-0.39, 0.29) is 16.8 Å². The number of nitrogens with zero attached hydrogens (tertiary/aromatic N) is 2. The summed E-state index contributed by atoms with van der Waals surface area (Å²) in [4.78, 5) is 19.7. The summed E-state index contributed by atoms with van der Waals surface area (Å²) in [6.45, 7) is 0. The van der Waals surface area contributed by atoms with Crippen molar-refractivity contribution in [3.8, 4) is 22.9 Å². The van der Waals surface area contributed by atoms with E-state index in [1.807, 2.05) is 18.2 Å². The minimum absolute atomic E-state index is 0.141. The summed E-state index contributed by atoms with van der Waals surface area (Å²) < 4.78 is 49.1. The Labute approximate surface area is 156 Å². The number of hydrogen-bond acceptors (Lipinski definition) is 5. The Bertz CT molecular complexity index is 1200. The summed E-state index contributed by atoms with van der Waals surface area (Å²) in [6.07, 6.45) is -2.31. The minimum atomic E-state index is -4.61. The zero-order valence-electron chi connectivity index (χ0n) is 14.1. The van der Waals surface area contributed by atoms with Gasteiger partial charge in [0.2, 0.25) is 0 Å². The lowest BCUT2D eigenvalue weighted by Crippen LogP contribution is -2.09. The first-order valence-corrected chi connectivity index (χ1v) is 8.11. The molecule has 0 unspecified atom stereocenters. The minimum Gasteiger partial charge on any atom is -0.463 e. The van der Waals surface area contributed by atoms with Crippen molar-refractivity contribution in [3.63, 3.8) is 0 Å².